The highest BCUT2D eigenvalue weighted by molar-refractivity contribution is 7.99. The average Bonchev–Trinajstić information content (AvgIpc) is 3.16. The van der Waals surface area contributed by atoms with Crippen LogP contribution in [0.15, 0.2) is 34.0 Å². The van der Waals surface area contributed by atoms with Crippen molar-refractivity contribution in [3.05, 3.63) is 45.6 Å². The van der Waals surface area contributed by atoms with E-state index in [1.807, 2.05) is 19.1 Å². The zero-order chi connectivity index (χ0) is 27.6. The van der Waals surface area contributed by atoms with Gasteiger partial charge >= 0.3 is 0 Å². The number of ether oxygens (including phenoxy) is 4. The molecule has 0 bridgehead atoms. The Labute approximate surface area is 225 Å². The van der Waals surface area contributed by atoms with E-state index < -0.39 is 43.3 Å². The molecular weight excluding hydrogens is 514 g/mol. The molecule has 5 N–H and O–H groups in total. The first-order valence-electron chi connectivity index (χ1n) is 12.5. The molecule has 1 saturated heterocycles. The summed E-state index contributed by atoms with van der Waals surface area (Å²) in [5, 5.41) is 44.1. The second kappa shape index (κ2) is 12.2. The van der Waals surface area contributed by atoms with Gasteiger partial charge in [-0.1, -0.05) is 13.0 Å². The van der Waals surface area contributed by atoms with Gasteiger partial charge in [0.1, 0.15) is 30.6 Å². The molecule has 2 aliphatic rings. The number of aryl methyl sites for hydroxylation is 1. The third kappa shape index (κ3) is 5.24. The van der Waals surface area contributed by atoms with Crippen molar-refractivity contribution in [2.24, 2.45) is 0 Å². The molecule has 208 valence electrons. The molecule has 1 aliphatic carbocycles. The molecule has 1 fully saturated rings. The van der Waals surface area contributed by atoms with E-state index in [9.17, 15) is 25.2 Å². The molecule has 2 aromatic carbocycles. The van der Waals surface area contributed by atoms with Crippen LogP contribution >= 0.6 is 11.8 Å². The molecule has 4 rings (SSSR count). The Morgan fingerprint density at radius 1 is 1.03 bits per heavy atom. The van der Waals surface area contributed by atoms with Crippen LogP contribution < -0.4 is 25.0 Å². The largest absolute Gasteiger partial charge is 0.493 e. The summed E-state index contributed by atoms with van der Waals surface area (Å²) >= 11 is 1.44. The molecule has 0 unspecified atom stereocenters. The third-order valence-corrected chi connectivity index (χ3v) is 8.00. The van der Waals surface area contributed by atoms with E-state index >= 15 is 0 Å². The second-order valence-electron chi connectivity index (χ2n) is 9.20. The summed E-state index contributed by atoms with van der Waals surface area (Å²) in [6.45, 7) is 1.44. The van der Waals surface area contributed by atoms with Crippen molar-refractivity contribution in [1.29, 1.82) is 0 Å². The number of aliphatic hydroxyl groups excluding tert-OH is 4. The zero-order valence-electron chi connectivity index (χ0n) is 21.8. The average molecular weight is 550 g/mol. The minimum atomic E-state index is -1.52. The van der Waals surface area contributed by atoms with Crippen LogP contribution in [0.3, 0.4) is 0 Å². The van der Waals surface area contributed by atoms with Gasteiger partial charge in [-0.2, -0.15) is 0 Å². The summed E-state index contributed by atoms with van der Waals surface area (Å²) < 4.78 is 22.8. The monoisotopic (exact) mass is 549 g/mol. The first-order chi connectivity index (χ1) is 18.3. The summed E-state index contributed by atoms with van der Waals surface area (Å²) in [4.78, 5) is 13.9. The highest BCUT2D eigenvalue weighted by Gasteiger charge is 2.44. The van der Waals surface area contributed by atoms with Crippen LogP contribution in [-0.2, 0) is 11.2 Å². The number of thioether (sulfide) groups is 1. The molecule has 38 heavy (non-hydrogen) atoms. The molecule has 0 saturated carbocycles. The number of aliphatic hydroxyl groups is 4. The van der Waals surface area contributed by atoms with Crippen LogP contribution in [0.1, 0.15) is 30.5 Å². The Balaban J connectivity index is 1.89. The number of benzene rings is 1. The van der Waals surface area contributed by atoms with Crippen molar-refractivity contribution < 1.29 is 39.4 Å². The molecule has 2 aromatic rings. The van der Waals surface area contributed by atoms with Crippen molar-refractivity contribution in [2.45, 2.75) is 61.3 Å². The maximum Gasteiger partial charge on any atom is 0.203 e. The first-order valence-corrected chi connectivity index (χ1v) is 13.5. The fourth-order valence-electron chi connectivity index (χ4n) is 5.18. The Hall–Kier alpha value is -2.38. The molecule has 0 spiro atoms. The minimum Gasteiger partial charge on any atom is -0.493 e. The number of rotatable bonds is 8. The highest BCUT2D eigenvalue weighted by Crippen LogP contribution is 2.50. The topological polar surface area (TPSA) is 147 Å². The van der Waals surface area contributed by atoms with Crippen LogP contribution in [0.25, 0.3) is 11.1 Å². The fourth-order valence-corrected chi connectivity index (χ4v) is 5.86. The zero-order valence-corrected chi connectivity index (χ0v) is 22.7. The maximum atomic E-state index is 13.3. The summed E-state index contributed by atoms with van der Waals surface area (Å²) in [5.74, 6) is 2.13. The molecule has 6 atom stereocenters. The fraction of sp³-hybridized carbons (Fsp3) is 0.519. The number of methoxy groups -OCH3 is 3. The normalized spacial score (nSPS) is 26.6. The quantitative estimate of drug-likeness (QED) is 0.303. The predicted octanol–water partition coefficient (Wildman–Crippen LogP) is 1.23. The van der Waals surface area contributed by atoms with Gasteiger partial charge in [-0.05, 0) is 53.5 Å². The molecule has 10 nitrogen and oxygen atoms in total. The van der Waals surface area contributed by atoms with Crippen LogP contribution in [0.5, 0.6) is 17.2 Å². The SMILES string of the molecule is CCSc1ccc2c(cc1=O)[C@@H](N[C@@H]1O[C@@H](CO)[C@@H](O)[C@@H](O)[C@H]1O)CCc1cc(OC)c(OC)c(OC)c1-2. The molecule has 1 aliphatic heterocycles. The van der Waals surface area contributed by atoms with Gasteiger partial charge in [-0.15, -0.1) is 11.8 Å². The number of hydrogen-bond donors (Lipinski definition) is 5. The van der Waals surface area contributed by atoms with Gasteiger partial charge in [0, 0.05) is 11.6 Å². The molecule has 0 radical (unpaired) electrons. The minimum absolute atomic E-state index is 0.151. The van der Waals surface area contributed by atoms with Gasteiger partial charge in [0.25, 0.3) is 0 Å². The Morgan fingerprint density at radius 2 is 1.76 bits per heavy atom. The van der Waals surface area contributed by atoms with Gasteiger partial charge in [0.15, 0.2) is 16.9 Å². The van der Waals surface area contributed by atoms with E-state index in [-0.39, 0.29) is 5.43 Å². The Kier molecular flexibility index (Phi) is 9.19. The standard InChI is InChI=1S/C27H35NO9S/c1-5-38-20-9-7-14-15(11-17(20)30)16(28-27-24(33)23(32)22(31)19(12-29)37-27)8-6-13-10-18(34-2)25(35-3)26(36-4)21(13)14/h7,9-11,16,19,22-24,27-29,31-33H,5-6,8,12H2,1-4H3/t16-,19-,22+,23+,24+,27+/m0/s1. The summed E-state index contributed by atoms with van der Waals surface area (Å²) in [5.41, 5.74) is 2.92. The van der Waals surface area contributed by atoms with E-state index in [0.29, 0.717) is 40.5 Å². The van der Waals surface area contributed by atoms with Crippen LogP contribution in [-0.4, -0.2) is 84.8 Å². The lowest BCUT2D eigenvalue weighted by Crippen LogP contribution is -2.62. The molecule has 0 aromatic heterocycles. The highest BCUT2D eigenvalue weighted by atomic mass is 32.2. The Morgan fingerprint density at radius 3 is 2.39 bits per heavy atom. The van der Waals surface area contributed by atoms with Crippen LogP contribution in [0.4, 0.5) is 0 Å². The van der Waals surface area contributed by atoms with Gasteiger partial charge < -0.3 is 39.4 Å². The van der Waals surface area contributed by atoms with E-state index in [2.05, 4.69) is 5.32 Å². The van der Waals surface area contributed by atoms with Gasteiger partial charge in [-0.3, -0.25) is 10.1 Å². The van der Waals surface area contributed by atoms with E-state index in [1.165, 1.54) is 18.9 Å². The molecular formula is C27H35NO9S. The van der Waals surface area contributed by atoms with Crippen molar-refractivity contribution in [1.82, 2.24) is 5.32 Å². The van der Waals surface area contributed by atoms with Crippen LogP contribution in [0.2, 0.25) is 0 Å². The molecule has 11 heteroatoms. The van der Waals surface area contributed by atoms with Crippen molar-refractivity contribution in [3.63, 3.8) is 0 Å². The lowest BCUT2D eigenvalue weighted by atomic mass is 9.94. The van der Waals surface area contributed by atoms with Crippen molar-refractivity contribution >= 4 is 11.8 Å². The number of nitrogens with one attached hydrogen (secondary N) is 1. The Bertz CT molecular complexity index is 1210. The van der Waals surface area contributed by atoms with E-state index in [4.69, 9.17) is 18.9 Å². The van der Waals surface area contributed by atoms with Gasteiger partial charge in [-0.25, -0.2) is 0 Å². The van der Waals surface area contributed by atoms with E-state index in [1.54, 1.807) is 26.4 Å². The summed E-state index contributed by atoms with van der Waals surface area (Å²) in [6, 6.07) is 6.66. The van der Waals surface area contributed by atoms with Crippen molar-refractivity contribution in [3.8, 4) is 28.4 Å². The van der Waals surface area contributed by atoms with Gasteiger partial charge in [0.2, 0.25) is 5.75 Å². The predicted molar refractivity (Wildman–Crippen MR) is 142 cm³/mol. The van der Waals surface area contributed by atoms with Gasteiger partial charge in [0.05, 0.1) is 32.8 Å². The third-order valence-electron chi connectivity index (χ3n) is 7.06. The summed E-state index contributed by atoms with van der Waals surface area (Å²) in [7, 11) is 4.63. The van der Waals surface area contributed by atoms with E-state index in [0.717, 1.165) is 22.4 Å². The number of hydrogen-bond acceptors (Lipinski definition) is 11. The lowest BCUT2D eigenvalue weighted by molar-refractivity contribution is -0.238. The molecule has 1 heterocycles. The van der Waals surface area contributed by atoms with Crippen molar-refractivity contribution in [2.75, 3.05) is 33.7 Å². The smallest absolute Gasteiger partial charge is 0.203 e. The number of fused-ring (bicyclic) bond motifs is 3. The second-order valence-corrected chi connectivity index (χ2v) is 10.5. The lowest BCUT2D eigenvalue weighted by Gasteiger charge is -2.41. The molecule has 0 amide bonds. The first kappa shape index (κ1) is 28.6. The summed E-state index contributed by atoms with van der Waals surface area (Å²) in [6.07, 6.45) is -5.59. The van der Waals surface area contributed by atoms with Crippen LogP contribution in [0, 0.1) is 0 Å². The maximum absolute atomic E-state index is 13.3.